The smallest absolute Gasteiger partial charge is 0.336 e. The number of hydrogen-bond donors (Lipinski definition) is 1. The molecule has 0 atom stereocenters. The molecule has 1 fully saturated rings. The Morgan fingerprint density at radius 3 is 2.58 bits per heavy atom. The molecule has 5 rings (SSSR count). The van der Waals surface area contributed by atoms with Crippen LogP contribution in [-0.2, 0) is 19.6 Å². The summed E-state index contributed by atoms with van der Waals surface area (Å²) in [5.74, 6) is 0.827. The molecule has 33 heavy (non-hydrogen) atoms. The van der Waals surface area contributed by atoms with Gasteiger partial charge < -0.3 is 14.2 Å². The summed E-state index contributed by atoms with van der Waals surface area (Å²) in [6.45, 7) is 3.75. The van der Waals surface area contributed by atoms with E-state index >= 15 is 0 Å². The molecule has 0 radical (unpaired) electrons. The van der Waals surface area contributed by atoms with Gasteiger partial charge in [-0.25, -0.2) is 4.79 Å². The molecule has 2 aromatic carbocycles. The van der Waals surface area contributed by atoms with E-state index < -0.39 is 0 Å². The van der Waals surface area contributed by atoms with Gasteiger partial charge in [0.25, 0.3) is 5.91 Å². The predicted molar refractivity (Wildman–Crippen MR) is 126 cm³/mol. The van der Waals surface area contributed by atoms with E-state index in [9.17, 15) is 9.59 Å². The number of nitrogens with zero attached hydrogens (tertiary/aromatic N) is 1. The Bertz CT molecular complexity index is 1320. The van der Waals surface area contributed by atoms with Crippen LogP contribution in [0.25, 0.3) is 11.0 Å². The van der Waals surface area contributed by atoms with Crippen molar-refractivity contribution in [3.8, 4) is 0 Å². The quantitative estimate of drug-likeness (QED) is 0.397. The first-order valence-electron chi connectivity index (χ1n) is 11.2. The second-order valence-electron chi connectivity index (χ2n) is 8.76. The van der Waals surface area contributed by atoms with Gasteiger partial charge in [0.15, 0.2) is 0 Å². The lowest BCUT2D eigenvalue weighted by molar-refractivity contribution is 0.0951. The minimum atomic E-state index is -0.355. The van der Waals surface area contributed by atoms with Gasteiger partial charge in [0.2, 0.25) is 0 Å². The van der Waals surface area contributed by atoms with E-state index in [1.165, 1.54) is 0 Å². The van der Waals surface area contributed by atoms with Crippen molar-refractivity contribution in [1.82, 2.24) is 10.2 Å². The molecule has 1 aliphatic rings. The van der Waals surface area contributed by atoms with Gasteiger partial charge >= 0.3 is 5.63 Å². The van der Waals surface area contributed by atoms with Crippen molar-refractivity contribution in [2.24, 2.45) is 0 Å². The van der Waals surface area contributed by atoms with Gasteiger partial charge in [-0.3, -0.25) is 9.69 Å². The van der Waals surface area contributed by atoms with E-state index in [4.69, 9.17) is 8.83 Å². The second kappa shape index (κ2) is 9.08. The molecule has 0 bridgehead atoms. The molecule has 0 unspecified atom stereocenters. The number of amides is 1. The van der Waals surface area contributed by atoms with Crippen molar-refractivity contribution in [2.45, 2.75) is 45.4 Å². The highest BCUT2D eigenvalue weighted by molar-refractivity contribution is 5.94. The Kier molecular flexibility index (Phi) is 5.84. The number of carbonyl (C=O) groups is 1. The minimum Gasteiger partial charge on any atom is -0.468 e. The lowest BCUT2D eigenvalue weighted by atomic mass is 10.1. The molecule has 2 aromatic heterocycles. The Morgan fingerprint density at radius 1 is 1.03 bits per heavy atom. The average Bonchev–Trinajstić information content (AvgIpc) is 3.45. The van der Waals surface area contributed by atoms with Crippen LogP contribution in [0.15, 0.2) is 80.6 Å². The number of aryl methyl sites for hydroxylation is 1. The zero-order chi connectivity index (χ0) is 22.8. The van der Waals surface area contributed by atoms with Gasteiger partial charge in [0.05, 0.1) is 12.8 Å². The standard InChI is InChI=1S/C27H26N2O4/c1-18-4-11-24-21(14-26(30)33-25(24)13-18)16-29(17-23-3-2-12-32-23)15-19-5-7-20(8-6-19)27(31)28-22-9-10-22/h2-8,11-14,22H,9-10,15-17H2,1H3,(H,28,31). The first kappa shape index (κ1) is 21.2. The molecule has 1 amide bonds. The van der Waals surface area contributed by atoms with Crippen LogP contribution in [-0.4, -0.2) is 16.8 Å². The summed E-state index contributed by atoms with van der Waals surface area (Å²) in [6, 6.07) is 19.3. The molecule has 0 spiro atoms. The van der Waals surface area contributed by atoms with Gasteiger partial charge in [-0.2, -0.15) is 0 Å². The van der Waals surface area contributed by atoms with Crippen LogP contribution in [0.4, 0.5) is 0 Å². The highest BCUT2D eigenvalue weighted by Crippen LogP contribution is 2.23. The summed E-state index contributed by atoms with van der Waals surface area (Å²) in [5, 5.41) is 3.95. The van der Waals surface area contributed by atoms with Crippen LogP contribution in [0.2, 0.25) is 0 Å². The van der Waals surface area contributed by atoms with E-state index in [-0.39, 0.29) is 11.5 Å². The van der Waals surface area contributed by atoms with Crippen LogP contribution in [0, 0.1) is 6.92 Å². The molecule has 0 saturated heterocycles. The highest BCUT2D eigenvalue weighted by atomic mass is 16.4. The third kappa shape index (κ3) is 5.23. The lowest BCUT2D eigenvalue weighted by Gasteiger charge is -2.22. The molecular formula is C27H26N2O4. The Hall–Kier alpha value is -3.64. The van der Waals surface area contributed by atoms with Crippen molar-refractivity contribution in [1.29, 1.82) is 0 Å². The maximum Gasteiger partial charge on any atom is 0.336 e. The number of carbonyl (C=O) groups excluding carboxylic acids is 1. The summed E-state index contributed by atoms with van der Waals surface area (Å²) in [4.78, 5) is 26.7. The van der Waals surface area contributed by atoms with Crippen molar-refractivity contribution in [2.75, 3.05) is 0 Å². The molecule has 1 saturated carbocycles. The van der Waals surface area contributed by atoms with E-state index in [1.807, 2.05) is 61.5 Å². The molecule has 1 N–H and O–H groups in total. The Balaban J connectivity index is 1.39. The zero-order valence-electron chi connectivity index (χ0n) is 18.5. The average molecular weight is 443 g/mol. The fourth-order valence-electron chi connectivity index (χ4n) is 4.02. The van der Waals surface area contributed by atoms with Gasteiger partial charge in [0, 0.05) is 36.1 Å². The summed E-state index contributed by atoms with van der Waals surface area (Å²) in [6.07, 6.45) is 3.80. The first-order valence-corrected chi connectivity index (χ1v) is 11.2. The Morgan fingerprint density at radius 2 is 1.85 bits per heavy atom. The fourth-order valence-corrected chi connectivity index (χ4v) is 4.02. The number of rotatable bonds is 8. The molecule has 1 aliphatic carbocycles. The van der Waals surface area contributed by atoms with Gasteiger partial charge in [-0.15, -0.1) is 0 Å². The summed E-state index contributed by atoms with van der Waals surface area (Å²) < 4.78 is 11.0. The monoisotopic (exact) mass is 442 g/mol. The highest BCUT2D eigenvalue weighted by Gasteiger charge is 2.23. The molecule has 6 heteroatoms. The van der Waals surface area contributed by atoms with Gasteiger partial charge in [-0.1, -0.05) is 24.3 Å². The van der Waals surface area contributed by atoms with Crippen LogP contribution in [0.5, 0.6) is 0 Å². The fraction of sp³-hybridized carbons (Fsp3) is 0.259. The van der Waals surface area contributed by atoms with E-state index in [0.29, 0.717) is 36.8 Å². The van der Waals surface area contributed by atoms with E-state index in [2.05, 4.69) is 10.2 Å². The van der Waals surface area contributed by atoms with Crippen LogP contribution in [0.3, 0.4) is 0 Å². The third-order valence-corrected chi connectivity index (χ3v) is 5.87. The largest absolute Gasteiger partial charge is 0.468 e. The van der Waals surface area contributed by atoms with Gasteiger partial charge in [0.1, 0.15) is 11.3 Å². The SMILES string of the molecule is Cc1ccc2c(CN(Cc3ccc(C(=O)NC4CC4)cc3)Cc3ccco3)cc(=O)oc2c1. The number of furan rings is 1. The third-order valence-electron chi connectivity index (χ3n) is 5.87. The normalized spacial score (nSPS) is 13.5. The van der Waals surface area contributed by atoms with Crippen molar-refractivity contribution in [3.63, 3.8) is 0 Å². The van der Waals surface area contributed by atoms with Crippen LogP contribution in [0.1, 0.15) is 45.7 Å². The Labute approximate surface area is 191 Å². The molecule has 0 aliphatic heterocycles. The second-order valence-corrected chi connectivity index (χ2v) is 8.76. The number of nitrogens with one attached hydrogen (secondary N) is 1. The van der Waals surface area contributed by atoms with Crippen LogP contribution < -0.4 is 10.9 Å². The number of benzene rings is 2. The predicted octanol–water partition coefficient (Wildman–Crippen LogP) is 4.79. The van der Waals surface area contributed by atoms with Crippen molar-refractivity contribution >= 4 is 16.9 Å². The van der Waals surface area contributed by atoms with Crippen molar-refractivity contribution in [3.05, 3.63) is 105 Å². The lowest BCUT2D eigenvalue weighted by Crippen LogP contribution is -2.25. The molecule has 2 heterocycles. The van der Waals surface area contributed by atoms with Gasteiger partial charge in [-0.05, 0) is 66.8 Å². The molecular weight excluding hydrogens is 416 g/mol. The van der Waals surface area contributed by atoms with Crippen molar-refractivity contribution < 1.29 is 13.6 Å². The van der Waals surface area contributed by atoms with Crippen LogP contribution >= 0.6 is 0 Å². The molecule has 168 valence electrons. The summed E-state index contributed by atoms with van der Waals surface area (Å²) >= 11 is 0. The van der Waals surface area contributed by atoms with E-state index in [0.717, 1.165) is 40.7 Å². The molecule has 4 aromatic rings. The molecule has 6 nitrogen and oxygen atoms in total. The summed E-state index contributed by atoms with van der Waals surface area (Å²) in [7, 11) is 0. The van der Waals surface area contributed by atoms with E-state index in [1.54, 1.807) is 12.3 Å². The maximum atomic E-state index is 12.3. The first-order chi connectivity index (χ1) is 16.0. The zero-order valence-corrected chi connectivity index (χ0v) is 18.5. The topological polar surface area (TPSA) is 75.7 Å². The summed E-state index contributed by atoms with van der Waals surface area (Å²) in [5.41, 5.74) is 3.95. The minimum absolute atomic E-state index is 0.0192. The number of hydrogen-bond acceptors (Lipinski definition) is 5. The maximum absolute atomic E-state index is 12.3. The number of fused-ring (bicyclic) bond motifs is 1.